The van der Waals surface area contributed by atoms with Gasteiger partial charge in [0.15, 0.2) is 6.61 Å². The Balaban J connectivity index is 1.96. The van der Waals surface area contributed by atoms with Crippen molar-refractivity contribution in [2.75, 3.05) is 18.5 Å². The summed E-state index contributed by atoms with van der Waals surface area (Å²) in [5.74, 6) is -0.473. The van der Waals surface area contributed by atoms with Gasteiger partial charge >= 0.3 is 5.97 Å². The Bertz CT molecular complexity index is 685. The molecule has 23 heavy (non-hydrogen) atoms. The van der Waals surface area contributed by atoms with Gasteiger partial charge in [-0.3, -0.25) is 4.79 Å². The van der Waals surface area contributed by atoms with Gasteiger partial charge in [0, 0.05) is 10.2 Å². The maximum atomic E-state index is 11.9. The summed E-state index contributed by atoms with van der Waals surface area (Å²) < 4.78 is 11.3. The first-order valence-corrected chi connectivity index (χ1v) is 7.84. The zero-order chi connectivity index (χ0) is 16.7. The fourth-order valence-electron chi connectivity index (χ4n) is 1.84. The van der Waals surface area contributed by atoms with Gasteiger partial charge in [-0.25, -0.2) is 4.79 Å². The van der Waals surface area contributed by atoms with Gasteiger partial charge in [0.25, 0.3) is 5.91 Å². The molecule has 0 aliphatic heterocycles. The van der Waals surface area contributed by atoms with Crippen LogP contribution < -0.4 is 10.1 Å². The van der Waals surface area contributed by atoms with Crippen LogP contribution in [0.25, 0.3) is 0 Å². The van der Waals surface area contributed by atoms with Crippen LogP contribution in [0.4, 0.5) is 5.69 Å². The molecule has 1 N–H and O–H groups in total. The summed E-state index contributed by atoms with van der Waals surface area (Å²) in [5.41, 5.74) is 0.964. The van der Waals surface area contributed by atoms with Crippen LogP contribution in [0.5, 0.6) is 5.75 Å². The lowest BCUT2D eigenvalue weighted by Crippen LogP contribution is -2.21. The average Bonchev–Trinajstić information content (AvgIpc) is 2.55. The molecule has 0 fully saturated rings. The maximum Gasteiger partial charge on any atom is 0.341 e. The normalized spacial score (nSPS) is 10.0. The SMILES string of the molecule is CCOC(=O)c1ccccc1OCC(=O)Nc1ccc(Br)cc1. The average molecular weight is 378 g/mol. The third kappa shape index (κ3) is 5.10. The number of carbonyl (C=O) groups excluding carboxylic acids is 2. The first-order chi connectivity index (χ1) is 11.1. The predicted molar refractivity (Wildman–Crippen MR) is 90.7 cm³/mol. The molecule has 0 aliphatic carbocycles. The van der Waals surface area contributed by atoms with E-state index >= 15 is 0 Å². The standard InChI is InChI=1S/C17H16BrNO4/c1-2-22-17(21)14-5-3-4-6-15(14)23-11-16(20)19-13-9-7-12(18)8-10-13/h3-10H,2,11H2,1H3,(H,19,20). The zero-order valence-electron chi connectivity index (χ0n) is 12.5. The lowest BCUT2D eigenvalue weighted by Gasteiger charge is -2.11. The second-order valence-corrected chi connectivity index (χ2v) is 5.48. The number of ether oxygens (including phenoxy) is 2. The Morgan fingerprint density at radius 1 is 1.09 bits per heavy atom. The van der Waals surface area contributed by atoms with E-state index in [1.165, 1.54) is 0 Å². The lowest BCUT2D eigenvalue weighted by molar-refractivity contribution is -0.118. The number of anilines is 1. The Kier molecular flexibility index (Phi) is 6.17. The fourth-order valence-corrected chi connectivity index (χ4v) is 2.11. The molecular formula is C17H16BrNO4. The molecule has 2 aromatic carbocycles. The van der Waals surface area contributed by atoms with Crippen molar-refractivity contribution in [1.82, 2.24) is 0 Å². The van der Waals surface area contributed by atoms with Crippen molar-refractivity contribution < 1.29 is 19.1 Å². The Labute approximate surface area is 142 Å². The van der Waals surface area contributed by atoms with Crippen LogP contribution in [0, 0.1) is 0 Å². The quantitative estimate of drug-likeness (QED) is 0.780. The van der Waals surface area contributed by atoms with Crippen LogP contribution in [0.3, 0.4) is 0 Å². The molecule has 0 heterocycles. The smallest absolute Gasteiger partial charge is 0.341 e. The van der Waals surface area contributed by atoms with Gasteiger partial charge in [0.1, 0.15) is 11.3 Å². The van der Waals surface area contributed by atoms with Crippen molar-refractivity contribution in [2.45, 2.75) is 6.92 Å². The minimum absolute atomic E-state index is 0.202. The first-order valence-electron chi connectivity index (χ1n) is 7.04. The van der Waals surface area contributed by atoms with Crippen LogP contribution in [0.1, 0.15) is 17.3 Å². The summed E-state index contributed by atoms with van der Waals surface area (Å²) in [6, 6.07) is 13.9. The summed E-state index contributed by atoms with van der Waals surface area (Å²) in [4.78, 5) is 23.7. The van der Waals surface area contributed by atoms with E-state index in [9.17, 15) is 9.59 Å². The molecule has 2 aromatic rings. The van der Waals surface area contributed by atoms with Gasteiger partial charge in [0.05, 0.1) is 6.61 Å². The van der Waals surface area contributed by atoms with Crippen molar-refractivity contribution in [3.05, 3.63) is 58.6 Å². The van der Waals surface area contributed by atoms with Gasteiger partial charge in [-0.1, -0.05) is 28.1 Å². The van der Waals surface area contributed by atoms with E-state index in [0.29, 0.717) is 17.0 Å². The van der Waals surface area contributed by atoms with Gasteiger partial charge in [-0.05, 0) is 43.3 Å². The lowest BCUT2D eigenvalue weighted by atomic mass is 10.2. The topological polar surface area (TPSA) is 64.6 Å². The molecule has 0 aromatic heterocycles. The number of halogens is 1. The van der Waals surface area contributed by atoms with Crippen LogP contribution in [-0.4, -0.2) is 25.1 Å². The van der Waals surface area contributed by atoms with Gasteiger partial charge in [0.2, 0.25) is 0 Å². The number of benzene rings is 2. The minimum atomic E-state index is -0.476. The number of carbonyl (C=O) groups is 2. The predicted octanol–water partition coefficient (Wildman–Crippen LogP) is 3.64. The van der Waals surface area contributed by atoms with E-state index in [1.54, 1.807) is 43.3 Å². The molecule has 0 atom stereocenters. The maximum absolute atomic E-state index is 11.9. The van der Waals surface area contributed by atoms with Crippen molar-refractivity contribution >= 4 is 33.5 Å². The van der Waals surface area contributed by atoms with Crippen molar-refractivity contribution in [3.8, 4) is 5.75 Å². The number of para-hydroxylation sites is 1. The summed E-state index contributed by atoms with van der Waals surface area (Å²) in [6.07, 6.45) is 0. The van der Waals surface area contributed by atoms with Crippen LogP contribution in [0.2, 0.25) is 0 Å². The number of esters is 1. The van der Waals surface area contributed by atoms with E-state index in [-0.39, 0.29) is 19.1 Å². The summed E-state index contributed by atoms with van der Waals surface area (Å²) in [5, 5.41) is 2.71. The molecule has 1 amide bonds. The van der Waals surface area contributed by atoms with E-state index in [1.807, 2.05) is 12.1 Å². The Hall–Kier alpha value is -2.34. The van der Waals surface area contributed by atoms with Crippen molar-refractivity contribution in [3.63, 3.8) is 0 Å². The van der Waals surface area contributed by atoms with Gasteiger partial charge < -0.3 is 14.8 Å². The van der Waals surface area contributed by atoms with Crippen LogP contribution in [0.15, 0.2) is 53.0 Å². The molecule has 0 saturated heterocycles. The van der Waals surface area contributed by atoms with E-state index in [0.717, 1.165) is 4.47 Å². The molecule has 6 heteroatoms. The third-order valence-electron chi connectivity index (χ3n) is 2.87. The molecule has 0 bridgehead atoms. The third-order valence-corrected chi connectivity index (χ3v) is 3.40. The molecule has 5 nitrogen and oxygen atoms in total. The Morgan fingerprint density at radius 3 is 2.48 bits per heavy atom. The highest BCUT2D eigenvalue weighted by atomic mass is 79.9. The molecule has 0 saturated carbocycles. The summed E-state index contributed by atoms with van der Waals surface area (Å²) in [7, 11) is 0. The molecule has 0 spiro atoms. The number of nitrogens with one attached hydrogen (secondary N) is 1. The fraction of sp³-hybridized carbons (Fsp3) is 0.176. The molecule has 120 valence electrons. The molecule has 0 aliphatic rings. The van der Waals surface area contributed by atoms with Gasteiger partial charge in [-0.2, -0.15) is 0 Å². The van der Waals surface area contributed by atoms with Gasteiger partial charge in [-0.15, -0.1) is 0 Å². The number of hydrogen-bond acceptors (Lipinski definition) is 4. The van der Waals surface area contributed by atoms with Crippen molar-refractivity contribution in [2.24, 2.45) is 0 Å². The zero-order valence-corrected chi connectivity index (χ0v) is 14.1. The highest BCUT2D eigenvalue weighted by Crippen LogP contribution is 2.19. The second-order valence-electron chi connectivity index (χ2n) is 4.56. The van der Waals surface area contributed by atoms with E-state index in [4.69, 9.17) is 9.47 Å². The monoisotopic (exact) mass is 377 g/mol. The van der Waals surface area contributed by atoms with E-state index in [2.05, 4.69) is 21.2 Å². The minimum Gasteiger partial charge on any atom is -0.483 e. The molecule has 0 radical (unpaired) electrons. The highest BCUT2D eigenvalue weighted by Gasteiger charge is 2.14. The Morgan fingerprint density at radius 2 is 1.78 bits per heavy atom. The van der Waals surface area contributed by atoms with E-state index < -0.39 is 5.97 Å². The summed E-state index contributed by atoms with van der Waals surface area (Å²) in [6.45, 7) is 1.80. The van der Waals surface area contributed by atoms with Crippen molar-refractivity contribution in [1.29, 1.82) is 0 Å². The molecule has 2 rings (SSSR count). The first kappa shape index (κ1) is 17.0. The number of amides is 1. The molecular weight excluding hydrogens is 362 g/mol. The second kappa shape index (κ2) is 8.33. The molecule has 0 unspecified atom stereocenters. The summed E-state index contributed by atoms with van der Waals surface area (Å²) >= 11 is 3.33. The number of rotatable bonds is 6. The highest BCUT2D eigenvalue weighted by molar-refractivity contribution is 9.10. The van der Waals surface area contributed by atoms with Crippen LogP contribution in [-0.2, 0) is 9.53 Å². The van der Waals surface area contributed by atoms with Crippen LogP contribution >= 0.6 is 15.9 Å². The largest absolute Gasteiger partial charge is 0.483 e. The number of hydrogen-bond donors (Lipinski definition) is 1.